The topological polar surface area (TPSA) is 88.4 Å². The molecule has 0 aliphatic rings. The molecule has 0 atom stereocenters. The van der Waals surface area contributed by atoms with Crippen molar-refractivity contribution >= 4 is 17.6 Å². The number of hydrogen-bond acceptors (Lipinski definition) is 5. The second kappa shape index (κ2) is 8.52. The molecule has 28 heavy (non-hydrogen) atoms. The van der Waals surface area contributed by atoms with Crippen LogP contribution in [0.4, 0.5) is 5.69 Å². The number of benzene rings is 3. The van der Waals surface area contributed by atoms with Crippen LogP contribution in [-0.4, -0.2) is 19.0 Å². The van der Waals surface area contributed by atoms with E-state index < -0.39 is 5.97 Å². The maximum Gasteiger partial charge on any atom is 0.337 e. The van der Waals surface area contributed by atoms with Gasteiger partial charge in [-0.25, -0.2) is 4.79 Å². The Kier molecular flexibility index (Phi) is 5.68. The fourth-order valence-corrected chi connectivity index (χ4v) is 2.45. The minimum Gasteiger partial charge on any atom is -0.465 e. The highest BCUT2D eigenvalue weighted by Crippen LogP contribution is 2.24. The number of esters is 1. The van der Waals surface area contributed by atoms with Gasteiger partial charge >= 0.3 is 5.97 Å². The van der Waals surface area contributed by atoms with Crippen molar-refractivity contribution in [3.05, 3.63) is 89.5 Å². The predicted molar refractivity (Wildman–Crippen MR) is 103 cm³/mol. The number of amides is 1. The third kappa shape index (κ3) is 4.54. The Morgan fingerprint density at radius 2 is 1.57 bits per heavy atom. The van der Waals surface area contributed by atoms with E-state index >= 15 is 0 Å². The van der Waals surface area contributed by atoms with Crippen molar-refractivity contribution in [2.75, 3.05) is 12.4 Å². The van der Waals surface area contributed by atoms with Crippen LogP contribution in [0.25, 0.3) is 0 Å². The fourth-order valence-electron chi connectivity index (χ4n) is 2.45. The number of nitrogens with zero attached hydrogens (tertiary/aromatic N) is 1. The summed E-state index contributed by atoms with van der Waals surface area (Å²) >= 11 is 0. The highest BCUT2D eigenvalue weighted by molar-refractivity contribution is 6.04. The second-order valence-corrected chi connectivity index (χ2v) is 5.79. The summed E-state index contributed by atoms with van der Waals surface area (Å²) in [6.45, 7) is 0. The summed E-state index contributed by atoms with van der Waals surface area (Å²) < 4.78 is 10.3. The van der Waals surface area contributed by atoms with Crippen molar-refractivity contribution in [1.82, 2.24) is 0 Å². The number of anilines is 1. The summed E-state index contributed by atoms with van der Waals surface area (Å²) in [6, 6.07) is 21.9. The molecule has 1 amide bonds. The lowest BCUT2D eigenvalue weighted by molar-refractivity contribution is 0.0600. The first-order chi connectivity index (χ1) is 13.6. The predicted octanol–water partition coefficient (Wildman–Crippen LogP) is 4.39. The number of hydrogen-bond donors (Lipinski definition) is 1. The van der Waals surface area contributed by atoms with Crippen molar-refractivity contribution < 1.29 is 19.1 Å². The average molecular weight is 372 g/mol. The molecule has 3 aromatic carbocycles. The van der Waals surface area contributed by atoms with Crippen molar-refractivity contribution in [3.63, 3.8) is 0 Å². The Labute approximate surface area is 161 Å². The number of methoxy groups -OCH3 is 1. The van der Waals surface area contributed by atoms with Crippen LogP contribution in [-0.2, 0) is 4.74 Å². The van der Waals surface area contributed by atoms with E-state index in [4.69, 9.17) is 10.00 Å². The van der Waals surface area contributed by atoms with Gasteiger partial charge in [0.25, 0.3) is 5.91 Å². The SMILES string of the molecule is COC(=O)c1ccc(C(=O)Nc2ccc(Oc3cccc(C#N)c3)cc2)cc1. The van der Waals surface area contributed by atoms with E-state index in [2.05, 4.69) is 16.1 Å². The van der Waals surface area contributed by atoms with Gasteiger partial charge in [-0.2, -0.15) is 5.26 Å². The first-order valence-corrected chi connectivity index (χ1v) is 8.37. The Morgan fingerprint density at radius 3 is 2.21 bits per heavy atom. The molecule has 0 fully saturated rings. The van der Waals surface area contributed by atoms with Crippen LogP contribution in [0.3, 0.4) is 0 Å². The monoisotopic (exact) mass is 372 g/mol. The number of carbonyl (C=O) groups excluding carboxylic acids is 2. The van der Waals surface area contributed by atoms with Gasteiger partial charge in [0.15, 0.2) is 0 Å². The largest absolute Gasteiger partial charge is 0.465 e. The average Bonchev–Trinajstić information content (AvgIpc) is 2.74. The molecule has 0 spiro atoms. The van der Waals surface area contributed by atoms with Gasteiger partial charge in [0.1, 0.15) is 11.5 Å². The summed E-state index contributed by atoms with van der Waals surface area (Å²) in [5.74, 6) is 0.381. The van der Waals surface area contributed by atoms with E-state index in [9.17, 15) is 9.59 Å². The zero-order chi connectivity index (χ0) is 19.9. The molecule has 0 unspecified atom stereocenters. The number of nitrogens with one attached hydrogen (secondary N) is 1. The summed E-state index contributed by atoms with van der Waals surface area (Å²) in [6.07, 6.45) is 0. The number of carbonyl (C=O) groups is 2. The van der Waals surface area contributed by atoms with E-state index in [1.807, 2.05) is 0 Å². The van der Waals surface area contributed by atoms with Crippen LogP contribution in [0.1, 0.15) is 26.3 Å². The zero-order valence-electron chi connectivity index (χ0n) is 15.0. The molecular weight excluding hydrogens is 356 g/mol. The van der Waals surface area contributed by atoms with Gasteiger partial charge in [0.2, 0.25) is 0 Å². The van der Waals surface area contributed by atoms with Crippen LogP contribution in [0.2, 0.25) is 0 Å². The summed E-state index contributed by atoms with van der Waals surface area (Å²) in [4.78, 5) is 23.8. The van der Waals surface area contributed by atoms with Crippen LogP contribution >= 0.6 is 0 Å². The summed E-state index contributed by atoms with van der Waals surface area (Å²) in [5.41, 5.74) is 1.90. The summed E-state index contributed by atoms with van der Waals surface area (Å²) in [5, 5.41) is 11.7. The molecule has 6 nitrogen and oxygen atoms in total. The lowest BCUT2D eigenvalue weighted by atomic mass is 10.1. The quantitative estimate of drug-likeness (QED) is 0.671. The fraction of sp³-hybridized carbons (Fsp3) is 0.0455. The zero-order valence-corrected chi connectivity index (χ0v) is 15.0. The van der Waals surface area contributed by atoms with Gasteiger partial charge in [-0.1, -0.05) is 6.07 Å². The maximum atomic E-state index is 12.3. The number of ether oxygens (including phenoxy) is 2. The Hall–Kier alpha value is -4.11. The van der Waals surface area contributed by atoms with Crippen LogP contribution in [0.5, 0.6) is 11.5 Å². The molecule has 3 rings (SSSR count). The molecule has 6 heteroatoms. The third-order valence-electron chi connectivity index (χ3n) is 3.88. The molecule has 0 aromatic heterocycles. The maximum absolute atomic E-state index is 12.3. The Balaban J connectivity index is 1.64. The molecule has 0 bridgehead atoms. The molecular formula is C22H16N2O4. The van der Waals surface area contributed by atoms with Crippen LogP contribution in [0.15, 0.2) is 72.8 Å². The Morgan fingerprint density at radius 1 is 0.893 bits per heavy atom. The Bertz CT molecular complexity index is 1040. The minimum absolute atomic E-state index is 0.299. The van der Waals surface area contributed by atoms with Gasteiger partial charge in [-0.3, -0.25) is 4.79 Å². The minimum atomic E-state index is -0.456. The van der Waals surface area contributed by atoms with Gasteiger partial charge in [0, 0.05) is 11.3 Å². The van der Waals surface area contributed by atoms with Gasteiger partial charge in [0.05, 0.1) is 24.3 Å². The lowest BCUT2D eigenvalue weighted by Crippen LogP contribution is -2.12. The second-order valence-electron chi connectivity index (χ2n) is 5.79. The van der Waals surface area contributed by atoms with Crippen molar-refractivity contribution in [3.8, 4) is 17.6 Å². The smallest absolute Gasteiger partial charge is 0.337 e. The van der Waals surface area contributed by atoms with E-state index in [1.165, 1.54) is 19.2 Å². The van der Waals surface area contributed by atoms with E-state index in [1.54, 1.807) is 60.7 Å². The lowest BCUT2D eigenvalue weighted by Gasteiger charge is -2.09. The molecule has 0 saturated carbocycles. The van der Waals surface area contributed by atoms with E-state index in [0.717, 1.165) is 0 Å². The third-order valence-corrected chi connectivity index (χ3v) is 3.88. The molecule has 138 valence electrons. The van der Waals surface area contributed by atoms with Crippen molar-refractivity contribution in [1.29, 1.82) is 5.26 Å². The molecule has 0 saturated heterocycles. The molecule has 1 N–H and O–H groups in total. The highest BCUT2D eigenvalue weighted by atomic mass is 16.5. The molecule has 0 radical (unpaired) electrons. The highest BCUT2D eigenvalue weighted by Gasteiger charge is 2.09. The van der Waals surface area contributed by atoms with Crippen molar-refractivity contribution in [2.45, 2.75) is 0 Å². The van der Waals surface area contributed by atoms with Gasteiger partial charge < -0.3 is 14.8 Å². The first kappa shape index (κ1) is 18.7. The van der Waals surface area contributed by atoms with E-state index in [-0.39, 0.29) is 5.91 Å². The number of nitriles is 1. The van der Waals surface area contributed by atoms with Gasteiger partial charge in [-0.15, -0.1) is 0 Å². The molecule has 0 heterocycles. The molecule has 0 aliphatic heterocycles. The molecule has 0 aliphatic carbocycles. The normalized spacial score (nSPS) is 9.86. The summed E-state index contributed by atoms with van der Waals surface area (Å²) in [7, 11) is 1.30. The van der Waals surface area contributed by atoms with Crippen molar-refractivity contribution in [2.24, 2.45) is 0 Å². The van der Waals surface area contributed by atoms with E-state index in [0.29, 0.717) is 33.9 Å². The van der Waals surface area contributed by atoms with Gasteiger partial charge in [-0.05, 0) is 66.7 Å². The van der Waals surface area contributed by atoms with Crippen LogP contribution in [0, 0.1) is 11.3 Å². The van der Waals surface area contributed by atoms with Crippen LogP contribution < -0.4 is 10.1 Å². The first-order valence-electron chi connectivity index (χ1n) is 8.37. The molecule has 3 aromatic rings. The standard InChI is InChI=1S/C22H16N2O4/c1-27-22(26)17-7-5-16(6-8-17)21(25)24-18-9-11-19(12-10-18)28-20-4-2-3-15(13-20)14-23/h2-13H,1H3,(H,24,25). The number of rotatable bonds is 5.